The van der Waals surface area contributed by atoms with E-state index < -0.39 is 0 Å². The van der Waals surface area contributed by atoms with Crippen LogP contribution in [0, 0.1) is 0 Å². The van der Waals surface area contributed by atoms with Crippen molar-refractivity contribution in [2.45, 2.75) is 6.04 Å². The van der Waals surface area contributed by atoms with Gasteiger partial charge in [0.15, 0.2) is 0 Å². The molecule has 1 atom stereocenters. The van der Waals surface area contributed by atoms with Crippen molar-refractivity contribution in [1.82, 2.24) is 10.2 Å². The van der Waals surface area contributed by atoms with Crippen LogP contribution in [0.4, 0.5) is 5.69 Å². The van der Waals surface area contributed by atoms with Crippen molar-refractivity contribution in [3.63, 3.8) is 0 Å². The Balaban J connectivity index is 1.99. The molecule has 0 radical (unpaired) electrons. The van der Waals surface area contributed by atoms with Gasteiger partial charge in [0.2, 0.25) is 5.91 Å². The Hall–Kier alpha value is -1.59. The molecular formula is C14H19N3O2. The normalized spacial score (nSPS) is 23.6. The molecule has 2 heterocycles. The van der Waals surface area contributed by atoms with Gasteiger partial charge in [-0.1, -0.05) is 0 Å². The van der Waals surface area contributed by atoms with Gasteiger partial charge in [-0.2, -0.15) is 0 Å². The van der Waals surface area contributed by atoms with Crippen LogP contribution in [0.2, 0.25) is 0 Å². The molecule has 19 heavy (non-hydrogen) atoms. The molecular weight excluding hydrogens is 242 g/mol. The Morgan fingerprint density at radius 2 is 2.05 bits per heavy atom. The van der Waals surface area contributed by atoms with E-state index in [0.29, 0.717) is 0 Å². The van der Waals surface area contributed by atoms with Crippen LogP contribution in [-0.4, -0.2) is 51.1 Å². The standard InChI is InChI=1S/C14H19N3O2/c1-16-12-4-3-10(19-2)9-11(12)13(14(16)18)17-7-5-15-6-8-17/h3-4,9,13,15H,5-8H2,1-2H3. The fourth-order valence-electron chi connectivity index (χ4n) is 2.91. The number of hydrogen-bond acceptors (Lipinski definition) is 4. The highest BCUT2D eigenvalue weighted by Gasteiger charge is 2.39. The number of carbonyl (C=O) groups is 1. The van der Waals surface area contributed by atoms with Gasteiger partial charge in [0.25, 0.3) is 0 Å². The minimum absolute atomic E-state index is 0.155. The van der Waals surface area contributed by atoms with E-state index in [4.69, 9.17) is 4.74 Å². The first-order valence-corrected chi connectivity index (χ1v) is 6.62. The van der Waals surface area contributed by atoms with Gasteiger partial charge in [0.05, 0.1) is 7.11 Å². The summed E-state index contributed by atoms with van der Waals surface area (Å²) in [6.45, 7) is 3.68. The lowest BCUT2D eigenvalue weighted by Crippen LogP contribution is -2.47. The third-order valence-electron chi connectivity index (χ3n) is 3.97. The highest BCUT2D eigenvalue weighted by Crippen LogP contribution is 2.40. The van der Waals surface area contributed by atoms with Crippen LogP contribution in [0.1, 0.15) is 11.6 Å². The van der Waals surface area contributed by atoms with Crippen molar-refractivity contribution in [2.75, 3.05) is 45.2 Å². The van der Waals surface area contributed by atoms with E-state index in [0.717, 1.165) is 43.2 Å². The quantitative estimate of drug-likeness (QED) is 0.847. The lowest BCUT2D eigenvalue weighted by atomic mass is 10.1. The second-order valence-electron chi connectivity index (χ2n) is 5.01. The predicted molar refractivity (Wildman–Crippen MR) is 73.6 cm³/mol. The lowest BCUT2D eigenvalue weighted by Gasteiger charge is -2.31. The van der Waals surface area contributed by atoms with E-state index in [1.165, 1.54) is 0 Å². The second-order valence-corrected chi connectivity index (χ2v) is 5.01. The summed E-state index contributed by atoms with van der Waals surface area (Å²) in [5.41, 5.74) is 2.06. The number of benzene rings is 1. The monoisotopic (exact) mass is 261 g/mol. The lowest BCUT2D eigenvalue weighted by molar-refractivity contribution is -0.123. The van der Waals surface area contributed by atoms with Gasteiger partial charge in [0, 0.05) is 44.5 Å². The van der Waals surface area contributed by atoms with Gasteiger partial charge in [-0.3, -0.25) is 9.69 Å². The maximum absolute atomic E-state index is 12.5. The number of methoxy groups -OCH3 is 1. The summed E-state index contributed by atoms with van der Waals surface area (Å²) in [6.07, 6.45) is 0. The summed E-state index contributed by atoms with van der Waals surface area (Å²) in [6, 6.07) is 5.71. The number of rotatable bonds is 2. The maximum Gasteiger partial charge on any atom is 0.248 e. The average molecular weight is 261 g/mol. The SMILES string of the molecule is COc1ccc2c(c1)C(N1CCNCC1)C(=O)N2C. The molecule has 1 aromatic rings. The van der Waals surface area contributed by atoms with Gasteiger partial charge < -0.3 is 15.0 Å². The Kier molecular flexibility index (Phi) is 3.16. The molecule has 0 aromatic heterocycles. The molecule has 5 heteroatoms. The van der Waals surface area contributed by atoms with E-state index >= 15 is 0 Å². The van der Waals surface area contributed by atoms with E-state index in [9.17, 15) is 4.79 Å². The topological polar surface area (TPSA) is 44.8 Å². The van der Waals surface area contributed by atoms with Crippen LogP contribution < -0.4 is 15.0 Å². The summed E-state index contributed by atoms with van der Waals surface area (Å²) in [4.78, 5) is 16.5. The van der Waals surface area contributed by atoms with Crippen LogP contribution in [0.3, 0.4) is 0 Å². The number of anilines is 1. The van der Waals surface area contributed by atoms with Crippen LogP contribution in [-0.2, 0) is 4.79 Å². The van der Waals surface area contributed by atoms with Gasteiger partial charge in [-0.15, -0.1) is 0 Å². The van der Waals surface area contributed by atoms with Gasteiger partial charge >= 0.3 is 0 Å². The van der Waals surface area contributed by atoms with Crippen molar-refractivity contribution in [1.29, 1.82) is 0 Å². The van der Waals surface area contributed by atoms with Crippen LogP contribution >= 0.6 is 0 Å². The Morgan fingerprint density at radius 3 is 2.74 bits per heavy atom. The minimum Gasteiger partial charge on any atom is -0.497 e. The Labute approximate surface area is 113 Å². The number of amides is 1. The molecule has 102 valence electrons. The molecule has 0 aliphatic carbocycles. The first-order valence-electron chi connectivity index (χ1n) is 6.62. The molecule has 0 saturated carbocycles. The van der Waals surface area contributed by atoms with Crippen molar-refractivity contribution in [3.05, 3.63) is 23.8 Å². The molecule has 2 aliphatic rings. The molecule has 1 fully saturated rings. The predicted octanol–water partition coefficient (Wildman–Crippen LogP) is 0.618. The first kappa shape index (κ1) is 12.4. The largest absolute Gasteiger partial charge is 0.497 e. The number of hydrogen-bond donors (Lipinski definition) is 1. The summed E-state index contributed by atoms with van der Waals surface area (Å²) < 4.78 is 5.28. The zero-order valence-corrected chi connectivity index (χ0v) is 11.3. The zero-order chi connectivity index (χ0) is 13.4. The molecule has 1 N–H and O–H groups in total. The van der Waals surface area contributed by atoms with E-state index in [1.807, 2.05) is 25.2 Å². The van der Waals surface area contributed by atoms with E-state index in [-0.39, 0.29) is 11.9 Å². The molecule has 5 nitrogen and oxygen atoms in total. The van der Waals surface area contributed by atoms with E-state index in [1.54, 1.807) is 12.0 Å². The zero-order valence-electron chi connectivity index (χ0n) is 11.3. The molecule has 1 saturated heterocycles. The number of carbonyl (C=O) groups excluding carboxylic acids is 1. The second kappa shape index (κ2) is 4.83. The third kappa shape index (κ3) is 1.99. The Morgan fingerprint density at radius 1 is 1.32 bits per heavy atom. The fraction of sp³-hybridized carbons (Fsp3) is 0.500. The molecule has 0 spiro atoms. The summed E-state index contributed by atoms with van der Waals surface area (Å²) >= 11 is 0. The van der Waals surface area contributed by atoms with Gasteiger partial charge in [-0.05, 0) is 18.2 Å². The average Bonchev–Trinajstić information content (AvgIpc) is 2.71. The Bertz CT molecular complexity index is 497. The molecule has 1 aromatic carbocycles. The van der Waals surface area contributed by atoms with Crippen LogP contribution in [0.5, 0.6) is 5.75 Å². The van der Waals surface area contributed by atoms with Crippen LogP contribution in [0.15, 0.2) is 18.2 Å². The maximum atomic E-state index is 12.5. The van der Waals surface area contributed by atoms with Crippen molar-refractivity contribution in [2.24, 2.45) is 0 Å². The number of fused-ring (bicyclic) bond motifs is 1. The van der Waals surface area contributed by atoms with E-state index in [2.05, 4.69) is 10.2 Å². The number of piperazine rings is 1. The molecule has 3 rings (SSSR count). The number of ether oxygens (including phenoxy) is 1. The summed E-state index contributed by atoms with van der Waals surface area (Å²) in [5, 5.41) is 3.32. The minimum atomic E-state index is -0.155. The third-order valence-corrected chi connectivity index (χ3v) is 3.97. The van der Waals surface area contributed by atoms with Gasteiger partial charge in [-0.25, -0.2) is 0 Å². The van der Waals surface area contributed by atoms with Crippen molar-refractivity contribution in [3.8, 4) is 5.75 Å². The number of likely N-dealkylation sites (N-methyl/N-ethyl adjacent to an activating group) is 1. The smallest absolute Gasteiger partial charge is 0.248 e. The summed E-state index contributed by atoms with van der Waals surface area (Å²) in [7, 11) is 3.50. The molecule has 1 amide bonds. The fourth-order valence-corrected chi connectivity index (χ4v) is 2.91. The van der Waals surface area contributed by atoms with Crippen LogP contribution in [0.25, 0.3) is 0 Å². The number of nitrogens with one attached hydrogen (secondary N) is 1. The summed E-state index contributed by atoms with van der Waals surface area (Å²) in [5.74, 6) is 0.965. The highest BCUT2D eigenvalue weighted by molar-refractivity contribution is 6.04. The van der Waals surface area contributed by atoms with Crippen molar-refractivity contribution < 1.29 is 9.53 Å². The molecule has 0 bridgehead atoms. The highest BCUT2D eigenvalue weighted by atomic mass is 16.5. The van der Waals surface area contributed by atoms with Gasteiger partial charge in [0.1, 0.15) is 11.8 Å². The first-order chi connectivity index (χ1) is 9.22. The molecule has 1 unspecified atom stereocenters. The van der Waals surface area contributed by atoms with Crippen molar-refractivity contribution >= 4 is 11.6 Å². The molecule has 2 aliphatic heterocycles. The number of nitrogens with zero attached hydrogens (tertiary/aromatic N) is 2.